The number of nitrogens with one attached hydrogen (secondary N) is 2. The van der Waals surface area contributed by atoms with Crippen molar-refractivity contribution in [3.63, 3.8) is 0 Å². The molecule has 2 amide bonds. The highest BCUT2D eigenvalue weighted by molar-refractivity contribution is 6.06. The molecule has 1 unspecified atom stereocenters. The molecule has 1 atom stereocenters. The summed E-state index contributed by atoms with van der Waals surface area (Å²) in [5.74, 6) is 0.267. The molecule has 0 saturated carbocycles. The lowest BCUT2D eigenvalue weighted by molar-refractivity contribution is 0.209. The van der Waals surface area contributed by atoms with Crippen molar-refractivity contribution in [1.29, 1.82) is 5.41 Å². The SMILES string of the molecule is CCN1C(=O)NC(=N)C1c1ccc(C)cc1C. The predicted octanol–water partition coefficient (Wildman–Crippen LogP) is 2.37. The average Bonchev–Trinajstić information content (AvgIpc) is 2.53. The maximum atomic E-state index is 11.7. The number of carbonyl (C=O) groups is 1. The number of carbonyl (C=O) groups excluding carboxylic acids is 1. The zero-order valence-corrected chi connectivity index (χ0v) is 10.4. The first-order valence-corrected chi connectivity index (χ1v) is 5.77. The third-order valence-electron chi connectivity index (χ3n) is 3.15. The number of amides is 2. The highest BCUT2D eigenvalue weighted by atomic mass is 16.2. The molecule has 4 heteroatoms. The Bertz CT molecular complexity index is 482. The number of hydrogen-bond donors (Lipinski definition) is 2. The minimum Gasteiger partial charge on any atom is -0.310 e. The van der Waals surface area contributed by atoms with Crippen molar-refractivity contribution in [3.8, 4) is 0 Å². The smallest absolute Gasteiger partial charge is 0.310 e. The highest BCUT2D eigenvalue weighted by Gasteiger charge is 2.36. The van der Waals surface area contributed by atoms with E-state index < -0.39 is 0 Å². The molecular formula is C13H17N3O. The summed E-state index contributed by atoms with van der Waals surface area (Å²) in [6.45, 7) is 6.59. The van der Waals surface area contributed by atoms with Gasteiger partial charge in [-0.1, -0.05) is 23.8 Å². The quantitative estimate of drug-likeness (QED) is 0.806. The Kier molecular flexibility index (Phi) is 2.88. The fourth-order valence-corrected chi connectivity index (χ4v) is 2.31. The van der Waals surface area contributed by atoms with Gasteiger partial charge >= 0.3 is 6.03 Å². The van der Waals surface area contributed by atoms with Crippen LogP contribution in [0.1, 0.15) is 29.7 Å². The third kappa shape index (κ3) is 1.90. The summed E-state index contributed by atoms with van der Waals surface area (Å²) in [7, 11) is 0. The normalized spacial score (nSPS) is 19.7. The first-order valence-electron chi connectivity index (χ1n) is 5.77. The Labute approximate surface area is 101 Å². The summed E-state index contributed by atoms with van der Waals surface area (Å²) in [5.41, 5.74) is 3.34. The molecule has 1 fully saturated rings. The monoisotopic (exact) mass is 231 g/mol. The van der Waals surface area contributed by atoms with E-state index in [9.17, 15) is 4.79 Å². The molecular weight excluding hydrogens is 214 g/mol. The van der Waals surface area contributed by atoms with E-state index in [0.717, 1.165) is 11.1 Å². The van der Waals surface area contributed by atoms with Crippen LogP contribution in [0.15, 0.2) is 18.2 Å². The van der Waals surface area contributed by atoms with Crippen LogP contribution in [0, 0.1) is 19.3 Å². The molecule has 1 aromatic carbocycles. The van der Waals surface area contributed by atoms with Gasteiger partial charge in [0, 0.05) is 6.54 Å². The predicted molar refractivity (Wildman–Crippen MR) is 67.3 cm³/mol. The van der Waals surface area contributed by atoms with Gasteiger partial charge in [0.2, 0.25) is 0 Å². The molecule has 1 heterocycles. The molecule has 90 valence electrons. The largest absolute Gasteiger partial charge is 0.323 e. The fraction of sp³-hybridized carbons (Fsp3) is 0.385. The van der Waals surface area contributed by atoms with Crippen LogP contribution >= 0.6 is 0 Å². The van der Waals surface area contributed by atoms with Crippen molar-refractivity contribution in [2.75, 3.05) is 6.54 Å². The molecule has 1 aromatic rings. The second-order valence-electron chi connectivity index (χ2n) is 4.39. The van der Waals surface area contributed by atoms with E-state index in [2.05, 4.69) is 11.4 Å². The van der Waals surface area contributed by atoms with Gasteiger partial charge in [-0.25, -0.2) is 4.79 Å². The highest BCUT2D eigenvalue weighted by Crippen LogP contribution is 2.28. The molecule has 0 bridgehead atoms. The summed E-state index contributed by atoms with van der Waals surface area (Å²) in [5, 5.41) is 10.5. The van der Waals surface area contributed by atoms with Gasteiger partial charge < -0.3 is 4.90 Å². The Morgan fingerprint density at radius 3 is 2.71 bits per heavy atom. The molecule has 0 radical (unpaired) electrons. The van der Waals surface area contributed by atoms with Crippen molar-refractivity contribution in [2.24, 2.45) is 0 Å². The lowest BCUT2D eigenvalue weighted by atomic mass is 9.98. The van der Waals surface area contributed by atoms with E-state index in [1.807, 2.05) is 32.9 Å². The molecule has 2 N–H and O–H groups in total. The van der Waals surface area contributed by atoms with Crippen LogP contribution in [0.5, 0.6) is 0 Å². The maximum absolute atomic E-state index is 11.7. The van der Waals surface area contributed by atoms with Crippen LogP contribution in [0.2, 0.25) is 0 Å². The zero-order chi connectivity index (χ0) is 12.6. The van der Waals surface area contributed by atoms with Gasteiger partial charge in [-0.3, -0.25) is 10.7 Å². The van der Waals surface area contributed by atoms with Crippen molar-refractivity contribution in [3.05, 3.63) is 34.9 Å². The second kappa shape index (κ2) is 4.20. The number of rotatable bonds is 2. The van der Waals surface area contributed by atoms with E-state index in [1.165, 1.54) is 5.56 Å². The Morgan fingerprint density at radius 2 is 2.12 bits per heavy atom. The molecule has 1 aliphatic heterocycles. The van der Waals surface area contributed by atoms with Crippen molar-refractivity contribution < 1.29 is 4.79 Å². The number of aryl methyl sites for hydroxylation is 2. The number of hydrogen-bond acceptors (Lipinski definition) is 2. The van der Waals surface area contributed by atoms with Crippen LogP contribution in [-0.2, 0) is 0 Å². The average molecular weight is 231 g/mol. The van der Waals surface area contributed by atoms with E-state index in [-0.39, 0.29) is 17.9 Å². The van der Waals surface area contributed by atoms with Crippen LogP contribution in [0.25, 0.3) is 0 Å². The van der Waals surface area contributed by atoms with E-state index >= 15 is 0 Å². The summed E-state index contributed by atoms with van der Waals surface area (Å²) in [4.78, 5) is 13.3. The Balaban J connectivity index is 2.44. The maximum Gasteiger partial charge on any atom is 0.323 e. The Hall–Kier alpha value is -1.84. The van der Waals surface area contributed by atoms with Gasteiger partial charge in [-0.05, 0) is 31.9 Å². The number of nitrogens with zero attached hydrogens (tertiary/aromatic N) is 1. The third-order valence-corrected chi connectivity index (χ3v) is 3.15. The van der Waals surface area contributed by atoms with Crippen molar-refractivity contribution >= 4 is 11.9 Å². The minimum absolute atomic E-state index is 0.178. The molecule has 1 aliphatic rings. The standard InChI is InChI=1S/C13H17N3O/c1-4-16-11(12(14)15-13(16)17)10-6-5-8(2)7-9(10)3/h5-7,11H,4H2,1-3H3,(H2,14,15,17). The number of urea groups is 1. The molecule has 2 rings (SSSR count). The van der Waals surface area contributed by atoms with Gasteiger partial charge in [0.25, 0.3) is 0 Å². The second-order valence-corrected chi connectivity index (χ2v) is 4.39. The molecule has 17 heavy (non-hydrogen) atoms. The number of likely N-dealkylation sites (N-methyl/N-ethyl adjacent to an activating group) is 1. The fourth-order valence-electron chi connectivity index (χ4n) is 2.31. The number of amidine groups is 1. The number of benzene rings is 1. The molecule has 0 spiro atoms. The van der Waals surface area contributed by atoms with Gasteiger partial charge in [-0.15, -0.1) is 0 Å². The topological polar surface area (TPSA) is 56.2 Å². The summed E-state index contributed by atoms with van der Waals surface area (Å²) < 4.78 is 0. The Morgan fingerprint density at radius 1 is 1.41 bits per heavy atom. The lowest BCUT2D eigenvalue weighted by Crippen LogP contribution is -2.29. The molecule has 0 aliphatic carbocycles. The van der Waals surface area contributed by atoms with Crippen molar-refractivity contribution in [1.82, 2.24) is 10.2 Å². The van der Waals surface area contributed by atoms with Crippen LogP contribution in [0.3, 0.4) is 0 Å². The molecule has 0 aromatic heterocycles. The van der Waals surface area contributed by atoms with Gasteiger partial charge in [0.1, 0.15) is 11.9 Å². The van der Waals surface area contributed by atoms with Gasteiger partial charge in [-0.2, -0.15) is 0 Å². The summed E-state index contributed by atoms with van der Waals surface area (Å²) in [6.07, 6.45) is 0. The van der Waals surface area contributed by atoms with E-state index in [4.69, 9.17) is 5.41 Å². The summed E-state index contributed by atoms with van der Waals surface area (Å²) in [6, 6.07) is 5.67. The van der Waals surface area contributed by atoms with Crippen LogP contribution in [-0.4, -0.2) is 23.3 Å². The van der Waals surface area contributed by atoms with Gasteiger partial charge in [0.05, 0.1) is 0 Å². The molecule has 1 saturated heterocycles. The van der Waals surface area contributed by atoms with E-state index in [1.54, 1.807) is 4.90 Å². The zero-order valence-electron chi connectivity index (χ0n) is 10.4. The van der Waals surface area contributed by atoms with E-state index in [0.29, 0.717) is 6.54 Å². The van der Waals surface area contributed by atoms with Crippen LogP contribution in [0.4, 0.5) is 4.79 Å². The van der Waals surface area contributed by atoms with Gasteiger partial charge in [0.15, 0.2) is 0 Å². The summed E-state index contributed by atoms with van der Waals surface area (Å²) >= 11 is 0. The van der Waals surface area contributed by atoms with Crippen molar-refractivity contribution in [2.45, 2.75) is 26.8 Å². The first-order chi connectivity index (χ1) is 8.04. The lowest BCUT2D eigenvalue weighted by Gasteiger charge is -2.22. The minimum atomic E-state index is -0.256. The van der Waals surface area contributed by atoms with Crippen LogP contribution < -0.4 is 5.32 Å². The first kappa shape index (κ1) is 11.6. The molecule has 4 nitrogen and oxygen atoms in total.